The Morgan fingerprint density at radius 2 is 1.74 bits per heavy atom. The Morgan fingerprint density at radius 3 is 2.35 bits per heavy atom. The smallest absolute Gasteiger partial charge is 0.253 e. The van der Waals surface area contributed by atoms with Crippen molar-refractivity contribution in [1.29, 1.82) is 0 Å². The minimum absolute atomic E-state index is 0.0130. The van der Waals surface area contributed by atoms with E-state index in [1.807, 2.05) is 31.2 Å². The van der Waals surface area contributed by atoms with E-state index in [0.29, 0.717) is 44.7 Å². The quantitative estimate of drug-likeness (QED) is 0.893. The Bertz CT molecular complexity index is 593. The molecule has 1 saturated heterocycles. The molecule has 0 atom stereocenters. The van der Waals surface area contributed by atoms with Crippen molar-refractivity contribution in [2.24, 2.45) is 0 Å². The highest BCUT2D eigenvalue weighted by Gasteiger charge is 2.24. The van der Waals surface area contributed by atoms with Crippen molar-refractivity contribution in [3.05, 3.63) is 35.4 Å². The van der Waals surface area contributed by atoms with Crippen LogP contribution in [-0.2, 0) is 9.59 Å². The maximum Gasteiger partial charge on any atom is 0.253 e. The lowest BCUT2D eigenvalue weighted by Gasteiger charge is -2.35. The monoisotopic (exact) mass is 317 g/mol. The third-order valence-electron chi connectivity index (χ3n) is 3.90. The molecule has 6 nitrogen and oxygen atoms in total. The summed E-state index contributed by atoms with van der Waals surface area (Å²) in [6.07, 6.45) is 0.297. The van der Waals surface area contributed by atoms with E-state index in [9.17, 15) is 14.4 Å². The van der Waals surface area contributed by atoms with Gasteiger partial charge in [0.2, 0.25) is 11.8 Å². The molecule has 0 aromatic heterocycles. The Balaban J connectivity index is 1.82. The van der Waals surface area contributed by atoms with E-state index in [4.69, 9.17) is 0 Å². The number of benzene rings is 1. The predicted octanol–water partition coefficient (Wildman–Crippen LogP) is 0.806. The molecular weight excluding hydrogens is 294 g/mol. The van der Waals surface area contributed by atoms with E-state index in [-0.39, 0.29) is 17.7 Å². The van der Waals surface area contributed by atoms with Gasteiger partial charge in [-0.25, -0.2) is 0 Å². The summed E-state index contributed by atoms with van der Waals surface area (Å²) in [4.78, 5) is 38.8. The van der Waals surface area contributed by atoms with Crippen molar-refractivity contribution in [1.82, 2.24) is 15.1 Å². The zero-order valence-corrected chi connectivity index (χ0v) is 13.7. The highest BCUT2D eigenvalue weighted by atomic mass is 16.2. The molecule has 0 saturated carbocycles. The molecule has 2 rings (SSSR count). The van der Waals surface area contributed by atoms with E-state index < -0.39 is 0 Å². The van der Waals surface area contributed by atoms with Crippen LogP contribution in [0.5, 0.6) is 0 Å². The Labute approximate surface area is 136 Å². The third-order valence-corrected chi connectivity index (χ3v) is 3.90. The van der Waals surface area contributed by atoms with Crippen molar-refractivity contribution in [2.75, 3.05) is 32.7 Å². The molecule has 124 valence electrons. The summed E-state index contributed by atoms with van der Waals surface area (Å²) in [7, 11) is 0. The standard InChI is InChI=1S/C17H23N3O3/c1-13-4-3-5-15(12-13)17(23)20-10-8-19(9-11-20)16(22)6-7-18-14(2)21/h3-5,12H,6-11H2,1-2H3,(H,18,21). The number of nitrogens with zero attached hydrogens (tertiary/aromatic N) is 2. The second-order valence-corrected chi connectivity index (χ2v) is 5.78. The van der Waals surface area contributed by atoms with Crippen LogP contribution in [0, 0.1) is 6.92 Å². The van der Waals surface area contributed by atoms with Gasteiger partial charge in [0.15, 0.2) is 0 Å². The van der Waals surface area contributed by atoms with Gasteiger partial charge < -0.3 is 15.1 Å². The van der Waals surface area contributed by atoms with Crippen LogP contribution in [0.3, 0.4) is 0 Å². The van der Waals surface area contributed by atoms with Crippen molar-refractivity contribution in [3.63, 3.8) is 0 Å². The van der Waals surface area contributed by atoms with Gasteiger partial charge >= 0.3 is 0 Å². The lowest BCUT2D eigenvalue weighted by Crippen LogP contribution is -2.51. The van der Waals surface area contributed by atoms with Crippen molar-refractivity contribution in [2.45, 2.75) is 20.3 Å². The maximum atomic E-state index is 12.5. The van der Waals surface area contributed by atoms with Gasteiger partial charge in [0, 0.05) is 51.6 Å². The number of hydrogen-bond donors (Lipinski definition) is 1. The van der Waals surface area contributed by atoms with Gasteiger partial charge in [0.1, 0.15) is 0 Å². The van der Waals surface area contributed by atoms with Crippen LogP contribution in [0.25, 0.3) is 0 Å². The molecule has 6 heteroatoms. The first kappa shape index (κ1) is 17.0. The van der Waals surface area contributed by atoms with Crippen molar-refractivity contribution in [3.8, 4) is 0 Å². The van der Waals surface area contributed by atoms with Crippen LogP contribution in [0.15, 0.2) is 24.3 Å². The normalized spacial score (nSPS) is 14.5. The lowest BCUT2D eigenvalue weighted by molar-refractivity contribution is -0.132. The molecule has 23 heavy (non-hydrogen) atoms. The summed E-state index contributed by atoms with van der Waals surface area (Å²) >= 11 is 0. The number of hydrogen-bond acceptors (Lipinski definition) is 3. The zero-order valence-electron chi connectivity index (χ0n) is 13.7. The molecule has 1 aromatic carbocycles. The fourth-order valence-corrected chi connectivity index (χ4v) is 2.62. The first-order valence-corrected chi connectivity index (χ1v) is 7.85. The lowest BCUT2D eigenvalue weighted by atomic mass is 10.1. The number of amides is 3. The van der Waals surface area contributed by atoms with Crippen LogP contribution in [-0.4, -0.2) is 60.2 Å². The van der Waals surface area contributed by atoms with Gasteiger partial charge in [0.25, 0.3) is 5.91 Å². The van der Waals surface area contributed by atoms with E-state index in [0.717, 1.165) is 5.56 Å². The van der Waals surface area contributed by atoms with Crippen LogP contribution in [0.2, 0.25) is 0 Å². The molecule has 0 unspecified atom stereocenters. The van der Waals surface area contributed by atoms with Crippen LogP contribution in [0.1, 0.15) is 29.3 Å². The van der Waals surface area contributed by atoms with Crippen molar-refractivity contribution >= 4 is 17.7 Å². The molecule has 1 aliphatic rings. The average molecular weight is 317 g/mol. The summed E-state index contributed by atoms with van der Waals surface area (Å²) in [6, 6.07) is 7.54. The summed E-state index contributed by atoms with van der Waals surface area (Å²) in [5.41, 5.74) is 1.75. The topological polar surface area (TPSA) is 69.7 Å². The minimum atomic E-state index is -0.133. The number of carbonyl (C=O) groups is 3. The van der Waals surface area contributed by atoms with Gasteiger partial charge in [-0.2, -0.15) is 0 Å². The van der Waals surface area contributed by atoms with E-state index >= 15 is 0 Å². The maximum absolute atomic E-state index is 12.5. The summed E-state index contributed by atoms with van der Waals surface area (Å²) < 4.78 is 0. The molecule has 0 spiro atoms. The van der Waals surface area contributed by atoms with Crippen LogP contribution in [0.4, 0.5) is 0 Å². The minimum Gasteiger partial charge on any atom is -0.356 e. The molecule has 0 aliphatic carbocycles. The van der Waals surface area contributed by atoms with Crippen LogP contribution >= 0.6 is 0 Å². The predicted molar refractivity (Wildman–Crippen MR) is 87.0 cm³/mol. The molecule has 0 radical (unpaired) electrons. The number of aryl methyl sites for hydroxylation is 1. The van der Waals surface area contributed by atoms with Gasteiger partial charge in [-0.15, -0.1) is 0 Å². The SMILES string of the molecule is CC(=O)NCCC(=O)N1CCN(C(=O)c2cccc(C)c2)CC1. The van der Waals surface area contributed by atoms with Gasteiger partial charge in [0.05, 0.1) is 0 Å². The Kier molecular flexibility index (Phi) is 5.73. The van der Waals surface area contributed by atoms with Crippen molar-refractivity contribution < 1.29 is 14.4 Å². The summed E-state index contributed by atoms with van der Waals surface area (Å²) in [6.45, 7) is 5.91. The average Bonchev–Trinajstić information content (AvgIpc) is 2.54. The van der Waals surface area contributed by atoms with E-state index in [1.165, 1.54) is 6.92 Å². The largest absolute Gasteiger partial charge is 0.356 e. The van der Waals surface area contributed by atoms with Gasteiger partial charge in [-0.05, 0) is 19.1 Å². The Hall–Kier alpha value is -2.37. The zero-order chi connectivity index (χ0) is 16.8. The van der Waals surface area contributed by atoms with E-state index in [2.05, 4.69) is 5.32 Å². The molecular formula is C17H23N3O3. The fourth-order valence-electron chi connectivity index (χ4n) is 2.62. The number of nitrogens with one attached hydrogen (secondary N) is 1. The first-order valence-electron chi connectivity index (χ1n) is 7.85. The molecule has 3 amide bonds. The second-order valence-electron chi connectivity index (χ2n) is 5.78. The highest BCUT2D eigenvalue weighted by Crippen LogP contribution is 2.11. The van der Waals surface area contributed by atoms with Gasteiger partial charge in [-0.3, -0.25) is 14.4 Å². The van der Waals surface area contributed by atoms with Crippen LogP contribution < -0.4 is 5.32 Å². The summed E-state index contributed by atoms with van der Waals surface area (Å²) in [5, 5.41) is 2.62. The van der Waals surface area contributed by atoms with E-state index in [1.54, 1.807) is 9.80 Å². The molecule has 1 heterocycles. The highest BCUT2D eigenvalue weighted by molar-refractivity contribution is 5.94. The molecule has 1 fully saturated rings. The third kappa shape index (κ3) is 4.81. The number of carbonyl (C=O) groups excluding carboxylic acids is 3. The number of rotatable bonds is 4. The second kappa shape index (κ2) is 7.76. The molecule has 1 aliphatic heterocycles. The molecule has 1 aromatic rings. The fraction of sp³-hybridized carbons (Fsp3) is 0.471. The molecule has 1 N–H and O–H groups in total. The first-order chi connectivity index (χ1) is 11.0. The Morgan fingerprint density at radius 1 is 1.09 bits per heavy atom. The molecule has 0 bridgehead atoms. The van der Waals surface area contributed by atoms with Gasteiger partial charge in [-0.1, -0.05) is 17.7 Å². The number of piperazine rings is 1. The summed E-state index contributed by atoms with van der Waals surface area (Å²) in [5.74, 6) is -0.105.